The number of para-hydroxylation sites is 1. The highest BCUT2D eigenvalue weighted by atomic mass is 35.5. The second-order valence-corrected chi connectivity index (χ2v) is 4.87. The van der Waals surface area contributed by atoms with Gasteiger partial charge in [0, 0.05) is 46.5 Å². The maximum atomic E-state index is 12.0. The summed E-state index contributed by atoms with van der Waals surface area (Å²) >= 11 is 0. The first kappa shape index (κ1) is 23.3. The number of carbonyl (C=O) groups is 1. The van der Waals surface area contributed by atoms with Gasteiger partial charge in [-0.2, -0.15) is 0 Å². The Hall–Kier alpha value is -1.01. The highest BCUT2D eigenvalue weighted by molar-refractivity contribution is 5.85. The molecule has 0 bridgehead atoms. The number of nitrogens with zero attached hydrogens (tertiary/aromatic N) is 2. The minimum Gasteiger partial charge on any atom is -0.380 e. The molecule has 22 heavy (non-hydrogen) atoms. The van der Waals surface area contributed by atoms with Gasteiger partial charge in [-0.3, -0.25) is 4.79 Å². The maximum absolute atomic E-state index is 12.0. The van der Waals surface area contributed by atoms with E-state index in [2.05, 4.69) is 17.0 Å². The van der Waals surface area contributed by atoms with Gasteiger partial charge in [-0.15, -0.1) is 24.8 Å². The summed E-state index contributed by atoms with van der Waals surface area (Å²) in [5.41, 5.74) is 6.67. The summed E-state index contributed by atoms with van der Waals surface area (Å²) in [6.45, 7) is 1.82. The zero-order valence-corrected chi connectivity index (χ0v) is 15.0. The molecule has 0 saturated heterocycles. The van der Waals surface area contributed by atoms with Gasteiger partial charge in [-0.25, -0.2) is 0 Å². The maximum Gasteiger partial charge on any atom is 0.225 e. The largest absolute Gasteiger partial charge is 0.380 e. The SMILES string of the molecule is COC(CN)CC(=O)N(C)CCN(C)c1ccccc1.Cl.Cl. The molecule has 1 aromatic carbocycles. The van der Waals surface area contributed by atoms with Crippen molar-refractivity contribution in [2.45, 2.75) is 12.5 Å². The van der Waals surface area contributed by atoms with Crippen molar-refractivity contribution in [3.63, 3.8) is 0 Å². The van der Waals surface area contributed by atoms with Crippen LogP contribution in [-0.2, 0) is 9.53 Å². The predicted molar refractivity (Wildman–Crippen MR) is 96.3 cm³/mol. The summed E-state index contributed by atoms with van der Waals surface area (Å²) in [7, 11) is 5.41. The average molecular weight is 352 g/mol. The fourth-order valence-electron chi connectivity index (χ4n) is 1.85. The van der Waals surface area contributed by atoms with Crippen molar-refractivity contribution in [1.29, 1.82) is 0 Å². The number of carbonyl (C=O) groups excluding carboxylic acids is 1. The lowest BCUT2D eigenvalue weighted by atomic mass is 10.2. The van der Waals surface area contributed by atoms with Gasteiger partial charge in [0.1, 0.15) is 0 Å². The van der Waals surface area contributed by atoms with Crippen molar-refractivity contribution >= 4 is 36.4 Å². The molecule has 0 radical (unpaired) electrons. The van der Waals surface area contributed by atoms with Crippen LogP contribution in [0.2, 0.25) is 0 Å². The van der Waals surface area contributed by atoms with Crippen LogP contribution in [0.25, 0.3) is 0 Å². The third-order valence-electron chi connectivity index (χ3n) is 3.39. The van der Waals surface area contributed by atoms with Crippen LogP contribution >= 0.6 is 24.8 Å². The van der Waals surface area contributed by atoms with E-state index in [4.69, 9.17) is 10.5 Å². The molecule has 0 saturated carbocycles. The van der Waals surface area contributed by atoms with Crippen LogP contribution in [0.4, 0.5) is 5.69 Å². The molecule has 1 rings (SSSR count). The number of ether oxygens (including phenoxy) is 1. The first-order valence-electron chi connectivity index (χ1n) is 6.81. The molecule has 0 aliphatic carbocycles. The molecule has 0 heterocycles. The van der Waals surface area contributed by atoms with Crippen molar-refractivity contribution in [3.05, 3.63) is 30.3 Å². The van der Waals surface area contributed by atoms with E-state index in [1.807, 2.05) is 32.3 Å². The topological polar surface area (TPSA) is 58.8 Å². The molecular weight excluding hydrogens is 325 g/mol. The zero-order valence-electron chi connectivity index (χ0n) is 13.4. The van der Waals surface area contributed by atoms with Gasteiger partial charge < -0.3 is 20.3 Å². The van der Waals surface area contributed by atoms with Gasteiger partial charge in [-0.1, -0.05) is 18.2 Å². The van der Waals surface area contributed by atoms with Gasteiger partial charge in [0.05, 0.1) is 12.5 Å². The van der Waals surface area contributed by atoms with Crippen LogP contribution in [0, 0.1) is 0 Å². The van der Waals surface area contributed by atoms with Crippen LogP contribution < -0.4 is 10.6 Å². The molecule has 7 heteroatoms. The third-order valence-corrected chi connectivity index (χ3v) is 3.39. The molecular formula is C15H27Cl2N3O2. The van der Waals surface area contributed by atoms with E-state index in [9.17, 15) is 4.79 Å². The van der Waals surface area contributed by atoms with Gasteiger partial charge in [0.15, 0.2) is 0 Å². The normalized spacial score (nSPS) is 10.9. The average Bonchev–Trinajstić information content (AvgIpc) is 2.50. The van der Waals surface area contributed by atoms with E-state index in [0.717, 1.165) is 12.2 Å². The molecule has 128 valence electrons. The third kappa shape index (κ3) is 7.84. The Kier molecular flexibility index (Phi) is 13.2. The molecule has 0 aromatic heterocycles. The quantitative estimate of drug-likeness (QED) is 0.775. The summed E-state index contributed by atoms with van der Waals surface area (Å²) in [5, 5.41) is 0. The summed E-state index contributed by atoms with van der Waals surface area (Å²) in [5.74, 6) is 0.0590. The molecule has 1 amide bonds. The van der Waals surface area contributed by atoms with E-state index in [1.54, 1.807) is 12.0 Å². The van der Waals surface area contributed by atoms with E-state index in [-0.39, 0.29) is 36.8 Å². The lowest BCUT2D eigenvalue weighted by molar-refractivity contribution is -0.132. The van der Waals surface area contributed by atoms with Crippen LogP contribution in [0.1, 0.15) is 6.42 Å². The lowest BCUT2D eigenvalue weighted by Gasteiger charge is -2.24. The van der Waals surface area contributed by atoms with E-state index < -0.39 is 0 Å². The number of benzene rings is 1. The molecule has 5 nitrogen and oxygen atoms in total. The number of hydrogen-bond donors (Lipinski definition) is 1. The summed E-state index contributed by atoms with van der Waals surface area (Å²) < 4.78 is 5.13. The molecule has 0 spiro atoms. The minimum atomic E-state index is -0.197. The number of anilines is 1. The van der Waals surface area contributed by atoms with Gasteiger partial charge in [-0.05, 0) is 12.1 Å². The molecule has 1 atom stereocenters. The Balaban J connectivity index is 0. The zero-order chi connectivity index (χ0) is 15.0. The van der Waals surface area contributed by atoms with Crippen LogP contribution in [0.3, 0.4) is 0 Å². The van der Waals surface area contributed by atoms with Crippen molar-refractivity contribution in [2.24, 2.45) is 5.73 Å². The molecule has 0 fully saturated rings. The number of rotatable bonds is 8. The Bertz CT molecular complexity index is 403. The Labute approximate surface area is 145 Å². The second kappa shape index (κ2) is 12.5. The summed E-state index contributed by atoms with van der Waals surface area (Å²) in [6.07, 6.45) is 0.134. The van der Waals surface area contributed by atoms with E-state index in [1.165, 1.54) is 0 Å². The van der Waals surface area contributed by atoms with Crippen molar-refractivity contribution in [3.8, 4) is 0 Å². The van der Waals surface area contributed by atoms with Crippen LogP contribution in [-0.4, -0.2) is 57.8 Å². The number of likely N-dealkylation sites (N-methyl/N-ethyl adjacent to an activating group) is 2. The van der Waals surface area contributed by atoms with Crippen LogP contribution in [0.15, 0.2) is 30.3 Å². The van der Waals surface area contributed by atoms with Gasteiger partial charge in [0.25, 0.3) is 0 Å². The molecule has 0 aliphatic rings. The number of methoxy groups -OCH3 is 1. The standard InChI is InChI=1S/C15H25N3O2.2ClH/c1-17(13-7-5-4-6-8-13)9-10-18(2)15(19)11-14(12-16)20-3;;/h4-8,14H,9-12,16H2,1-3H3;2*1H. The highest BCUT2D eigenvalue weighted by Gasteiger charge is 2.15. The van der Waals surface area contributed by atoms with Crippen molar-refractivity contribution < 1.29 is 9.53 Å². The summed E-state index contributed by atoms with van der Waals surface area (Å²) in [4.78, 5) is 15.8. The number of amides is 1. The molecule has 0 aliphatic heterocycles. The number of hydrogen-bond acceptors (Lipinski definition) is 4. The second-order valence-electron chi connectivity index (χ2n) is 4.87. The lowest BCUT2D eigenvalue weighted by Crippen LogP contribution is -2.37. The minimum absolute atomic E-state index is 0. The number of halogens is 2. The first-order chi connectivity index (χ1) is 9.58. The smallest absolute Gasteiger partial charge is 0.225 e. The van der Waals surface area contributed by atoms with E-state index >= 15 is 0 Å². The Morgan fingerprint density at radius 2 is 1.77 bits per heavy atom. The molecule has 2 N–H and O–H groups in total. The monoisotopic (exact) mass is 351 g/mol. The number of nitrogens with two attached hydrogens (primary N) is 1. The van der Waals surface area contributed by atoms with Crippen molar-refractivity contribution in [2.75, 3.05) is 45.7 Å². The molecule has 1 unspecified atom stereocenters. The Morgan fingerprint density at radius 3 is 2.27 bits per heavy atom. The van der Waals surface area contributed by atoms with E-state index in [0.29, 0.717) is 19.5 Å². The van der Waals surface area contributed by atoms with Gasteiger partial charge in [0.2, 0.25) is 5.91 Å². The van der Waals surface area contributed by atoms with Crippen LogP contribution in [0.5, 0.6) is 0 Å². The highest BCUT2D eigenvalue weighted by Crippen LogP contribution is 2.10. The fourth-order valence-corrected chi connectivity index (χ4v) is 1.85. The predicted octanol–water partition coefficient (Wildman–Crippen LogP) is 1.79. The first-order valence-corrected chi connectivity index (χ1v) is 6.81. The summed E-state index contributed by atoms with van der Waals surface area (Å²) in [6, 6.07) is 10.1. The van der Waals surface area contributed by atoms with Crippen molar-refractivity contribution in [1.82, 2.24) is 4.90 Å². The molecule has 1 aromatic rings. The Morgan fingerprint density at radius 1 is 1.18 bits per heavy atom. The van der Waals surface area contributed by atoms with Gasteiger partial charge >= 0.3 is 0 Å². The fraction of sp³-hybridized carbons (Fsp3) is 0.533.